The number of hydrogen-bond donors (Lipinski definition) is 0. The summed E-state index contributed by atoms with van der Waals surface area (Å²) in [6.45, 7) is 19.5. The number of nitrogens with zero attached hydrogens (tertiary/aromatic N) is 1. The molecule has 0 aromatic heterocycles. The molecule has 0 fully saturated rings. The Morgan fingerprint density at radius 3 is 1.52 bits per heavy atom. The van der Waals surface area contributed by atoms with Crippen molar-refractivity contribution in [1.82, 2.24) is 0 Å². The summed E-state index contributed by atoms with van der Waals surface area (Å²) in [4.78, 5) is 2.56. The van der Waals surface area contributed by atoms with Crippen molar-refractivity contribution in [3.63, 3.8) is 0 Å². The van der Waals surface area contributed by atoms with E-state index in [1.54, 1.807) is 0 Å². The van der Waals surface area contributed by atoms with Gasteiger partial charge in [-0.2, -0.15) is 0 Å². The van der Waals surface area contributed by atoms with Crippen molar-refractivity contribution < 1.29 is 0 Å². The van der Waals surface area contributed by atoms with E-state index in [9.17, 15) is 0 Å². The molecule has 8 aromatic rings. The van der Waals surface area contributed by atoms with E-state index >= 15 is 0 Å². The number of anilines is 3. The molecule has 11 rings (SSSR count). The third-order valence-corrected chi connectivity index (χ3v) is 16.3. The summed E-state index contributed by atoms with van der Waals surface area (Å²) in [5.74, 6) is 0. The van der Waals surface area contributed by atoms with Crippen LogP contribution in [0, 0.1) is 0 Å². The zero-order chi connectivity index (χ0) is 45.6. The summed E-state index contributed by atoms with van der Waals surface area (Å²) >= 11 is 0. The largest absolute Gasteiger partial charge is 0.310 e. The van der Waals surface area contributed by atoms with Crippen molar-refractivity contribution in [2.24, 2.45) is 0 Å². The van der Waals surface area contributed by atoms with Gasteiger partial charge in [-0.25, -0.2) is 0 Å². The first-order chi connectivity index (χ1) is 31.7. The van der Waals surface area contributed by atoms with Gasteiger partial charge in [0, 0.05) is 16.9 Å². The fraction of sp³-hybridized carbons (Fsp3) is 0.262. The van der Waals surface area contributed by atoms with Crippen LogP contribution in [0.5, 0.6) is 0 Å². The normalized spacial score (nSPS) is 17.8. The number of hydrogen-bond acceptors (Lipinski definition) is 1. The minimum atomic E-state index is -0.549. The van der Waals surface area contributed by atoms with Crippen molar-refractivity contribution in [1.29, 1.82) is 0 Å². The molecule has 3 aliphatic carbocycles. The first-order valence-corrected chi connectivity index (χ1v) is 24.4. The predicted octanol–water partition coefficient (Wildman–Crippen LogP) is 17.6. The quantitative estimate of drug-likeness (QED) is 0.154. The monoisotopic (exact) mass is 857 g/mol. The number of benzene rings is 8. The van der Waals surface area contributed by atoms with Crippen LogP contribution in [0.15, 0.2) is 188 Å². The van der Waals surface area contributed by atoms with E-state index in [4.69, 9.17) is 0 Å². The van der Waals surface area contributed by atoms with Gasteiger partial charge >= 0.3 is 0 Å². The third kappa shape index (κ3) is 6.56. The summed E-state index contributed by atoms with van der Waals surface area (Å²) in [6.07, 6.45) is 4.69. The Morgan fingerprint density at radius 1 is 0.318 bits per heavy atom. The summed E-state index contributed by atoms with van der Waals surface area (Å²) < 4.78 is 0. The van der Waals surface area contributed by atoms with Crippen LogP contribution in [-0.4, -0.2) is 0 Å². The number of para-hydroxylation sites is 1. The molecule has 1 nitrogen and oxygen atoms in total. The van der Waals surface area contributed by atoms with Gasteiger partial charge in [0.25, 0.3) is 0 Å². The molecule has 0 N–H and O–H groups in total. The molecule has 328 valence electrons. The van der Waals surface area contributed by atoms with Crippen LogP contribution in [0.2, 0.25) is 0 Å². The van der Waals surface area contributed by atoms with Gasteiger partial charge in [0.05, 0.1) is 11.1 Å². The molecule has 0 saturated heterocycles. The van der Waals surface area contributed by atoms with Gasteiger partial charge in [0.2, 0.25) is 0 Å². The molecule has 0 unspecified atom stereocenters. The van der Waals surface area contributed by atoms with Gasteiger partial charge in [0.1, 0.15) is 0 Å². The van der Waals surface area contributed by atoms with Crippen molar-refractivity contribution in [2.45, 2.75) is 108 Å². The molecule has 0 radical (unpaired) electrons. The Morgan fingerprint density at radius 2 is 0.833 bits per heavy atom. The second kappa shape index (κ2) is 15.3. The number of fused-ring (bicyclic) bond motifs is 5. The lowest BCUT2D eigenvalue weighted by Crippen LogP contribution is -2.34. The molecule has 0 bridgehead atoms. The molecule has 0 spiro atoms. The molecule has 0 atom stereocenters. The second-order valence-electron chi connectivity index (χ2n) is 22.2. The van der Waals surface area contributed by atoms with E-state index in [0.29, 0.717) is 0 Å². The highest BCUT2D eigenvalue weighted by atomic mass is 15.1. The van der Waals surface area contributed by atoms with Gasteiger partial charge in [-0.05, 0) is 156 Å². The highest BCUT2D eigenvalue weighted by Crippen LogP contribution is 2.60. The summed E-state index contributed by atoms with van der Waals surface area (Å²) in [5.41, 5.74) is 22.0. The Hall–Kier alpha value is -6.44. The molecule has 1 heteroatoms. The zero-order valence-electron chi connectivity index (χ0n) is 40.2. The van der Waals surface area contributed by atoms with Gasteiger partial charge in [-0.3, -0.25) is 0 Å². The molecular formula is C65H63N. The van der Waals surface area contributed by atoms with Crippen molar-refractivity contribution in [2.75, 3.05) is 4.90 Å². The maximum atomic E-state index is 2.59. The van der Waals surface area contributed by atoms with Crippen LogP contribution < -0.4 is 4.90 Å². The fourth-order valence-electron chi connectivity index (χ4n) is 12.4. The minimum Gasteiger partial charge on any atom is -0.310 e. The Balaban J connectivity index is 1.24. The second-order valence-corrected chi connectivity index (χ2v) is 22.2. The van der Waals surface area contributed by atoms with Crippen LogP contribution in [-0.2, 0) is 27.1 Å². The summed E-state index contributed by atoms with van der Waals surface area (Å²) in [6, 6.07) is 71.8. The summed E-state index contributed by atoms with van der Waals surface area (Å²) in [5, 5.41) is 0. The molecule has 0 saturated carbocycles. The van der Waals surface area contributed by atoms with E-state index in [1.807, 2.05) is 0 Å². The molecule has 8 aromatic carbocycles. The summed E-state index contributed by atoms with van der Waals surface area (Å²) in [7, 11) is 0. The van der Waals surface area contributed by atoms with Gasteiger partial charge in [0.15, 0.2) is 0 Å². The molecule has 3 aliphatic rings. The van der Waals surface area contributed by atoms with E-state index in [1.165, 1.54) is 96.4 Å². The Bertz CT molecular complexity index is 3090. The molecule has 66 heavy (non-hydrogen) atoms. The topological polar surface area (TPSA) is 3.24 Å². The highest BCUT2D eigenvalue weighted by Gasteiger charge is 2.48. The average Bonchev–Trinajstić information content (AvgIpc) is 3.62. The third-order valence-electron chi connectivity index (χ3n) is 16.3. The predicted molar refractivity (Wildman–Crippen MR) is 280 cm³/mol. The van der Waals surface area contributed by atoms with Crippen LogP contribution in [0.1, 0.15) is 126 Å². The minimum absolute atomic E-state index is 0.0141. The van der Waals surface area contributed by atoms with Crippen molar-refractivity contribution in [3.8, 4) is 33.4 Å². The van der Waals surface area contributed by atoms with E-state index in [0.717, 1.165) is 24.2 Å². The Labute approximate surface area is 394 Å². The van der Waals surface area contributed by atoms with Crippen LogP contribution in [0.3, 0.4) is 0 Å². The first-order valence-electron chi connectivity index (χ1n) is 24.4. The van der Waals surface area contributed by atoms with E-state index in [-0.39, 0.29) is 21.7 Å². The Kier molecular flexibility index (Phi) is 9.79. The smallest absolute Gasteiger partial charge is 0.0714 e. The average molecular weight is 858 g/mol. The van der Waals surface area contributed by atoms with Crippen LogP contribution in [0.4, 0.5) is 17.1 Å². The first kappa shape index (κ1) is 42.2. The van der Waals surface area contributed by atoms with Gasteiger partial charge in [-0.1, -0.05) is 207 Å². The fourth-order valence-corrected chi connectivity index (χ4v) is 12.4. The maximum Gasteiger partial charge on any atom is 0.0714 e. The SMILES string of the molecule is CC1(C)CCC(C)(C)c2cc(-c3cccc(N(c4ccccc4)c4cc5c(cc4-c4cccc6c4C(C)(C)CCC6(C)C)-c4ccccc4C5(c4ccccc4)c4ccccc4)c3)ccc21. The maximum absolute atomic E-state index is 2.59. The van der Waals surface area contributed by atoms with Gasteiger partial charge in [-0.15, -0.1) is 0 Å². The van der Waals surface area contributed by atoms with Crippen LogP contribution in [0.25, 0.3) is 33.4 Å². The standard InChI is InChI=1S/C65H63N/c1-61(2)36-37-63(5,6)58-41-45(34-35-55(58)61)44-22-20-29-49(40-44)66(48-27-16-11-17-28-48)59-43-57-52(42-53(59)51-31-21-33-56-60(51)64(7,8)39-38-62(56,3)4)50-30-18-19-32-54(50)65(57,46-23-12-9-13-24-46)47-25-14-10-15-26-47/h9-35,40-43H,36-39H2,1-8H3. The molecule has 0 amide bonds. The lowest BCUT2D eigenvalue weighted by atomic mass is 9.61. The lowest BCUT2D eigenvalue weighted by Gasteiger charge is -2.43. The van der Waals surface area contributed by atoms with Gasteiger partial charge < -0.3 is 4.90 Å². The molecule has 0 aliphatic heterocycles. The zero-order valence-corrected chi connectivity index (χ0v) is 40.2. The van der Waals surface area contributed by atoms with Crippen molar-refractivity contribution in [3.05, 3.63) is 233 Å². The van der Waals surface area contributed by atoms with Crippen LogP contribution >= 0.6 is 0 Å². The van der Waals surface area contributed by atoms with Crippen molar-refractivity contribution >= 4 is 17.1 Å². The van der Waals surface area contributed by atoms with E-state index < -0.39 is 5.41 Å². The highest BCUT2D eigenvalue weighted by molar-refractivity contribution is 5.98. The van der Waals surface area contributed by atoms with E-state index in [2.05, 4.69) is 248 Å². The number of rotatable bonds is 7. The lowest BCUT2D eigenvalue weighted by molar-refractivity contribution is 0.332. The molecule has 0 heterocycles. The molecular weight excluding hydrogens is 795 g/mol.